The fourth-order valence-electron chi connectivity index (χ4n) is 1.56. The third-order valence-corrected chi connectivity index (χ3v) is 2.47. The summed E-state index contributed by atoms with van der Waals surface area (Å²) in [6, 6.07) is 0. The van der Waals surface area contributed by atoms with Crippen LogP contribution in [0, 0.1) is 0 Å². The van der Waals surface area contributed by atoms with Crippen molar-refractivity contribution in [3.8, 4) is 0 Å². The minimum Gasteiger partial charge on any atom is -0.395 e. The molecule has 1 heterocycles. The fraction of sp³-hybridized carbons (Fsp3) is 1.00. The minimum absolute atomic E-state index is 0.143. The Morgan fingerprint density at radius 3 is 1.88 bits per heavy atom. The van der Waals surface area contributed by atoms with E-state index in [2.05, 4.69) is 5.32 Å². The number of aliphatic hydroxyl groups excluding tert-OH is 2. The summed E-state index contributed by atoms with van der Waals surface area (Å²) in [4.78, 5) is 1.99. The first-order chi connectivity index (χ1) is 7.85. The van der Waals surface area contributed by atoms with E-state index in [1.807, 2.05) is 4.90 Å². The number of hydrogen-bond donors (Lipinski definition) is 4. The normalized spacial score (nSPS) is 15.0. The lowest BCUT2D eigenvalue weighted by Crippen LogP contribution is -2.31. The van der Waals surface area contributed by atoms with Crippen molar-refractivity contribution >= 4 is 0 Å². The predicted octanol–water partition coefficient (Wildman–Crippen LogP) is -1.01. The van der Waals surface area contributed by atoms with Crippen molar-refractivity contribution in [3.05, 3.63) is 0 Å². The Kier molecular flexibility index (Phi) is 12.7. The predicted molar refractivity (Wildman–Crippen MR) is 66.4 cm³/mol. The Hall–Kier alpha value is -0.200. The summed E-state index contributed by atoms with van der Waals surface area (Å²) in [5.74, 6) is 0. The summed E-state index contributed by atoms with van der Waals surface area (Å²) in [7, 11) is 0. The lowest BCUT2D eigenvalue weighted by molar-refractivity contribution is 0.160. The highest BCUT2D eigenvalue weighted by Gasteiger charge is 2.00. The van der Waals surface area contributed by atoms with Crippen LogP contribution in [-0.2, 0) is 0 Å². The second-order valence-electron chi connectivity index (χ2n) is 3.89. The summed E-state index contributed by atoms with van der Waals surface area (Å²) in [6.45, 7) is 5.56. The second kappa shape index (κ2) is 12.9. The molecule has 0 saturated carbocycles. The van der Waals surface area contributed by atoms with Crippen molar-refractivity contribution in [2.75, 3.05) is 52.5 Å². The third kappa shape index (κ3) is 10.3. The topological polar surface area (TPSA) is 81.8 Å². The molecule has 1 rings (SSSR count). The van der Waals surface area contributed by atoms with Gasteiger partial charge in [0, 0.05) is 13.1 Å². The van der Waals surface area contributed by atoms with E-state index in [-0.39, 0.29) is 13.2 Å². The Labute approximate surface area is 98.6 Å². The van der Waals surface area contributed by atoms with E-state index in [9.17, 15) is 0 Å². The molecule has 1 aliphatic heterocycles. The fourth-order valence-corrected chi connectivity index (χ4v) is 1.56. The van der Waals surface area contributed by atoms with E-state index in [0.717, 1.165) is 13.0 Å². The molecule has 0 aromatic rings. The molecule has 1 fully saturated rings. The molecular formula is C11H27N3O2. The smallest absolute Gasteiger partial charge is 0.0558 e. The zero-order valence-corrected chi connectivity index (χ0v) is 10.2. The third-order valence-electron chi connectivity index (χ3n) is 2.47. The van der Waals surface area contributed by atoms with Crippen LogP contribution in [-0.4, -0.2) is 67.6 Å². The molecule has 0 radical (unpaired) electrons. The number of hydrogen-bond acceptors (Lipinski definition) is 5. The zero-order valence-electron chi connectivity index (χ0n) is 10.2. The van der Waals surface area contributed by atoms with E-state index >= 15 is 0 Å². The molecule has 0 unspecified atom stereocenters. The highest BCUT2D eigenvalue weighted by molar-refractivity contribution is 4.56. The van der Waals surface area contributed by atoms with Crippen LogP contribution in [0.2, 0.25) is 0 Å². The van der Waals surface area contributed by atoms with Crippen molar-refractivity contribution in [2.24, 2.45) is 5.73 Å². The van der Waals surface area contributed by atoms with Gasteiger partial charge in [0.15, 0.2) is 0 Å². The number of nitrogens with two attached hydrogens (primary N) is 1. The van der Waals surface area contributed by atoms with E-state index in [1.54, 1.807) is 0 Å². The van der Waals surface area contributed by atoms with Crippen LogP contribution in [0.1, 0.15) is 19.3 Å². The van der Waals surface area contributed by atoms with Gasteiger partial charge in [0.2, 0.25) is 0 Å². The standard InChI is InChI=1S/C7H18N2O2.C4H9N/c8-2-1-3-9(4-6-10)5-7-11;1-2-4-5-3-1/h10-11H,1-8H2;5H,1-4H2. The molecule has 5 heteroatoms. The summed E-state index contributed by atoms with van der Waals surface area (Å²) in [5, 5.41) is 20.4. The lowest BCUT2D eigenvalue weighted by atomic mass is 10.3. The van der Waals surface area contributed by atoms with Gasteiger partial charge in [-0.3, -0.25) is 4.90 Å². The lowest BCUT2D eigenvalue weighted by Gasteiger charge is -2.19. The molecule has 1 saturated heterocycles. The Bertz CT molecular complexity index is 119. The van der Waals surface area contributed by atoms with Crippen LogP contribution < -0.4 is 11.1 Å². The Morgan fingerprint density at radius 1 is 1.00 bits per heavy atom. The molecule has 0 atom stereocenters. The quantitative estimate of drug-likeness (QED) is 0.453. The highest BCUT2D eigenvalue weighted by Crippen LogP contribution is 1.90. The zero-order chi connectivity index (χ0) is 12.1. The number of nitrogens with one attached hydrogen (secondary N) is 1. The maximum atomic E-state index is 8.61. The first-order valence-electron chi connectivity index (χ1n) is 6.20. The van der Waals surface area contributed by atoms with Crippen molar-refractivity contribution in [1.29, 1.82) is 0 Å². The number of aliphatic hydroxyl groups is 2. The highest BCUT2D eigenvalue weighted by atomic mass is 16.3. The van der Waals surface area contributed by atoms with E-state index in [1.165, 1.54) is 25.9 Å². The van der Waals surface area contributed by atoms with Crippen molar-refractivity contribution < 1.29 is 10.2 Å². The van der Waals surface area contributed by atoms with Crippen LogP contribution in [0.3, 0.4) is 0 Å². The van der Waals surface area contributed by atoms with Gasteiger partial charge in [-0.05, 0) is 45.4 Å². The number of nitrogens with zero attached hydrogens (tertiary/aromatic N) is 1. The maximum Gasteiger partial charge on any atom is 0.0558 e. The molecule has 1 aliphatic rings. The van der Waals surface area contributed by atoms with E-state index in [4.69, 9.17) is 15.9 Å². The summed E-state index contributed by atoms with van der Waals surface area (Å²) in [5.41, 5.74) is 5.32. The average Bonchev–Trinajstić information content (AvgIpc) is 2.85. The summed E-state index contributed by atoms with van der Waals surface area (Å²) in [6.07, 6.45) is 3.69. The van der Waals surface area contributed by atoms with Crippen molar-refractivity contribution in [3.63, 3.8) is 0 Å². The molecular weight excluding hydrogens is 206 g/mol. The molecule has 0 spiro atoms. The largest absolute Gasteiger partial charge is 0.395 e. The molecule has 5 N–H and O–H groups in total. The van der Waals surface area contributed by atoms with Crippen LogP contribution in [0.4, 0.5) is 0 Å². The monoisotopic (exact) mass is 233 g/mol. The van der Waals surface area contributed by atoms with Gasteiger partial charge in [0.1, 0.15) is 0 Å². The SMILES string of the molecule is C1CCNC1.NCCCN(CCO)CCO. The molecule has 0 aromatic carbocycles. The van der Waals surface area contributed by atoms with Gasteiger partial charge in [-0.1, -0.05) is 0 Å². The van der Waals surface area contributed by atoms with E-state index < -0.39 is 0 Å². The summed E-state index contributed by atoms with van der Waals surface area (Å²) < 4.78 is 0. The Morgan fingerprint density at radius 2 is 1.56 bits per heavy atom. The van der Waals surface area contributed by atoms with Gasteiger partial charge in [-0.2, -0.15) is 0 Å². The van der Waals surface area contributed by atoms with Gasteiger partial charge >= 0.3 is 0 Å². The molecule has 0 aliphatic carbocycles. The van der Waals surface area contributed by atoms with Crippen LogP contribution in [0.15, 0.2) is 0 Å². The van der Waals surface area contributed by atoms with Crippen LogP contribution in [0.5, 0.6) is 0 Å². The van der Waals surface area contributed by atoms with E-state index in [0.29, 0.717) is 19.6 Å². The first kappa shape index (κ1) is 15.8. The number of rotatable bonds is 7. The molecule has 5 nitrogen and oxygen atoms in total. The maximum absolute atomic E-state index is 8.61. The van der Waals surface area contributed by atoms with Crippen LogP contribution >= 0.6 is 0 Å². The molecule has 0 bridgehead atoms. The van der Waals surface area contributed by atoms with Gasteiger partial charge < -0.3 is 21.3 Å². The van der Waals surface area contributed by atoms with Gasteiger partial charge in [-0.15, -0.1) is 0 Å². The molecule has 16 heavy (non-hydrogen) atoms. The van der Waals surface area contributed by atoms with Gasteiger partial charge in [0.25, 0.3) is 0 Å². The first-order valence-corrected chi connectivity index (χ1v) is 6.20. The summed E-state index contributed by atoms with van der Waals surface area (Å²) >= 11 is 0. The van der Waals surface area contributed by atoms with Crippen molar-refractivity contribution in [1.82, 2.24) is 10.2 Å². The molecule has 0 aromatic heterocycles. The van der Waals surface area contributed by atoms with Crippen molar-refractivity contribution in [2.45, 2.75) is 19.3 Å². The molecule has 0 amide bonds. The Balaban J connectivity index is 0.000000368. The second-order valence-corrected chi connectivity index (χ2v) is 3.89. The van der Waals surface area contributed by atoms with Gasteiger partial charge in [0.05, 0.1) is 13.2 Å². The average molecular weight is 233 g/mol. The van der Waals surface area contributed by atoms with Crippen LogP contribution in [0.25, 0.3) is 0 Å². The van der Waals surface area contributed by atoms with Gasteiger partial charge in [-0.25, -0.2) is 0 Å². The molecule has 98 valence electrons. The minimum atomic E-state index is 0.143.